The van der Waals surface area contributed by atoms with Gasteiger partial charge >= 0.3 is 0 Å². The van der Waals surface area contributed by atoms with Gasteiger partial charge in [0.05, 0.1) is 10.8 Å². The lowest BCUT2D eigenvalue weighted by Gasteiger charge is -2.03. The molecular weight excluding hydrogens is 285 g/mol. The van der Waals surface area contributed by atoms with Crippen LogP contribution in [0.3, 0.4) is 0 Å². The smallest absolute Gasteiger partial charge is 0.284 e. The van der Waals surface area contributed by atoms with Crippen molar-refractivity contribution in [2.24, 2.45) is 0 Å². The molecule has 0 aromatic heterocycles. The van der Waals surface area contributed by atoms with Gasteiger partial charge < -0.3 is 0 Å². The molecule has 0 saturated heterocycles. The molecule has 0 aliphatic carbocycles. The molecule has 6 heteroatoms. The summed E-state index contributed by atoms with van der Waals surface area (Å²) in [6.07, 6.45) is 0. The molecule has 0 spiro atoms. The molecule has 15 heavy (non-hydrogen) atoms. The standard InChI is InChI=1S/C9H7BrClNO3/c1-5-2-6(8(13)4-11)9(10)7(3-5)12(14)15/h2-3H,4H2,1H3. The summed E-state index contributed by atoms with van der Waals surface area (Å²) in [6.45, 7) is 1.68. The van der Waals surface area contributed by atoms with Gasteiger partial charge in [-0.1, -0.05) is 0 Å². The van der Waals surface area contributed by atoms with Crippen LogP contribution in [-0.4, -0.2) is 16.6 Å². The summed E-state index contributed by atoms with van der Waals surface area (Å²) >= 11 is 8.44. The Bertz CT molecular complexity index is 434. The number of nitro groups is 1. The van der Waals surface area contributed by atoms with Crippen LogP contribution in [0.2, 0.25) is 0 Å². The number of hydrogen-bond acceptors (Lipinski definition) is 3. The number of carbonyl (C=O) groups is 1. The molecule has 0 radical (unpaired) electrons. The fourth-order valence-electron chi connectivity index (χ4n) is 1.16. The number of carbonyl (C=O) groups excluding carboxylic acids is 1. The van der Waals surface area contributed by atoms with Gasteiger partial charge in [-0.05, 0) is 34.5 Å². The average molecular weight is 293 g/mol. The van der Waals surface area contributed by atoms with E-state index in [2.05, 4.69) is 15.9 Å². The zero-order valence-electron chi connectivity index (χ0n) is 7.79. The van der Waals surface area contributed by atoms with E-state index in [1.807, 2.05) is 0 Å². The predicted molar refractivity (Wildman–Crippen MR) is 60.6 cm³/mol. The predicted octanol–water partition coefficient (Wildman–Crippen LogP) is 3.09. The maximum Gasteiger partial charge on any atom is 0.284 e. The number of halogens is 2. The largest absolute Gasteiger partial charge is 0.293 e. The monoisotopic (exact) mass is 291 g/mol. The zero-order chi connectivity index (χ0) is 11.6. The summed E-state index contributed by atoms with van der Waals surface area (Å²) in [6, 6.07) is 2.97. The summed E-state index contributed by atoms with van der Waals surface area (Å²) in [4.78, 5) is 21.5. The number of aryl methyl sites for hydroxylation is 1. The Morgan fingerprint density at radius 3 is 2.67 bits per heavy atom. The van der Waals surface area contributed by atoms with Crippen molar-refractivity contribution >= 4 is 39.0 Å². The molecule has 1 aromatic carbocycles. The van der Waals surface area contributed by atoms with E-state index in [9.17, 15) is 14.9 Å². The molecule has 1 aromatic rings. The number of ketones is 1. The van der Waals surface area contributed by atoms with Crippen LogP contribution in [0, 0.1) is 17.0 Å². The van der Waals surface area contributed by atoms with Crippen molar-refractivity contribution in [2.75, 3.05) is 5.88 Å². The van der Waals surface area contributed by atoms with Crippen molar-refractivity contribution < 1.29 is 9.72 Å². The van der Waals surface area contributed by atoms with Gasteiger partial charge in [-0.3, -0.25) is 14.9 Å². The summed E-state index contributed by atoms with van der Waals surface area (Å²) in [5, 5.41) is 10.7. The normalized spacial score (nSPS) is 10.1. The van der Waals surface area contributed by atoms with E-state index in [0.717, 1.165) is 0 Å². The Morgan fingerprint density at radius 2 is 2.20 bits per heavy atom. The van der Waals surface area contributed by atoms with Gasteiger partial charge in [0.1, 0.15) is 4.47 Å². The third-order valence-electron chi connectivity index (χ3n) is 1.82. The Balaban J connectivity index is 3.41. The zero-order valence-corrected chi connectivity index (χ0v) is 10.1. The highest BCUT2D eigenvalue weighted by molar-refractivity contribution is 9.10. The molecular formula is C9H7BrClNO3. The summed E-state index contributed by atoms with van der Waals surface area (Å²) < 4.78 is 0.184. The van der Waals surface area contributed by atoms with Crippen molar-refractivity contribution in [3.63, 3.8) is 0 Å². The van der Waals surface area contributed by atoms with Gasteiger partial charge in [0.2, 0.25) is 0 Å². The molecule has 1 rings (SSSR count). The third-order valence-corrected chi connectivity index (χ3v) is 2.89. The van der Waals surface area contributed by atoms with Gasteiger partial charge in [-0.15, -0.1) is 11.6 Å². The van der Waals surface area contributed by atoms with Gasteiger partial charge in [-0.25, -0.2) is 0 Å². The maximum absolute atomic E-state index is 11.4. The highest BCUT2D eigenvalue weighted by Crippen LogP contribution is 2.30. The molecule has 0 heterocycles. The number of nitrogens with zero attached hydrogens (tertiary/aromatic N) is 1. The van der Waals surface area contributed by atoms with Crippen molar-refractivity contribution in [3.8, 4) is 0 Å². The fraction of sp³-hybridized carbons (Fsp3) is 0.222. The Labute approximate surface area is 99.5 Å². The first-order valence-electron chi connectivity index (χ1n) is 4.01. The van der Waals surface area contributed by atoms with Crippen LogP contribution in [0.25, 0.3) is 0 Å². The van der Waals surface area contributed by atoms with Crippen molar-refractivity contribution in [1.29, 1.82) is 0 Å². The van der Waals surface area contributed by atoms with E-state index in [1.54, 1.807) is 13.0 Å². The van der Waals surface area contributed by atoms with Crippen LogP contribution in [-0.2, 0) is 0 Å². The fourth-order valence-corrected chi connectivity index (χ4v) is 1.90. The van der Waals surface area contributed by atoms with Gasteiger partial charge in [0.25, 0.3) is 5.69 Å². The minimum absolute atomic E-state index is 0.122. The molecule has 0 unspecified atom stereocenters. The Hall–Kier alpha value is -0.940. The molecule has 0 atom stereocenters. The Morgan fingerprint density at radius 1 is 1.60 bits per heavy atom. The van der Waals surface area contributed by atoms with Crippen molar-refractivity contribution in [3.05, 3.63) is 37.8 Å². The number of alkyl halides is 1. The van der Waals surface area contributed by atoms with Crippen molar-refractivity contribution in [2.45, 2.75) is 6.92 Å². The first kappa shape index (κ1) is 12.1. The minimum atomic E-state index is -0.540. The van der Waals surface area contributed by atoms with Crippen LogP contribution < -0.4 is 0 Å². The van der Waals surface area contributed by atoms with E-state index in [0.29, 0.717) is 5.56 Å². The number of rotatable bonds is 3. The molecule has 0 amide bonds. The lowest BCUT2D eigenvalue weighted by Crippen LogP contribution is -2.04. The molecule has 0 aliphatic rings. The molecule has 0 N–H and O–H groups in total. The summed E-state index contributed by atoms with van der Waals surface area (Å²) in [5.41, 5.74) is 0.776. The topological polar surface area (TPSA) is 60.2 Å². The first-order valence-corrected chi connectivity index (χ1v) is 5.33. The summed E-state index contributed by atoms with van der Waals surface area (Å²) in [5.74, 6) is -0.533. The van der Waals surface area contributed by atoms with E-state index in [1.165, 1.54) is 6.07 Å². The van der Waals surface area contributed by atoms with E-state index < -0.39 is 4.92 Å². The van der Waals surface area contributed by atoms with E-state index in [4.69, 9.17) is 11.6 Å². The lowest BCUT2D eigenvalue weighted by molar-refractivity contribution is -0.385. The number of hydrogen-bond donors (Lipinski definition) is 0. The van der Waals surface area contributed by atoms with Crippen LogP contribution in [0.15, 0.2) is 16.6 Å². The van der Waals surface area contributed by atoms with Gasteiger partial charge in [-0.2, -0.15) is 0 Å². The molecule has 0 aliphatic heterocycles. The van der Waals surface area contributed by atoms with Crippen LogP contribution in [0.1, 0.15) is 15.9 Å². The van der Waals surface area contributed by atoms with Crippen LogP contribution >= 0.6 is 27.5 Å². The Kier molecular flexibility index (Phi) is 3.82. The molecule has 0 bridgehead atoms. The van der Waals surface area contributed by atoms with Gasteiger partial charge in [0.15, 0.2) is 5.78 Å². The van der Waals surface area contributed by atoms with Gasteiger partial charge in [0, 0.05) is 11.6 Å². The number of nitro benzene ring substituents is 1. The van der Waals surface area contributed by atoms with Crippen LogP contribution in [0.4, 0.5) is 5.69 Å². The van der Waals surface area contributed by atoms with Crippen molar-refractivity contribution in [1.82, 2.24) is 0 Å². The lowest BCUT2D eigenvalue weighted by atomic mass is 10.1. The quantitative estimate of drug-likeness (QED) is 0.372. The van der Waals surface area contributed by atoms with Crippen LogP contribution in [0.5, 0.6) is 0 Å². The second-order valence-electron chi connectivity index (χ2n) is 2.96. The molecule has 80 valence electrons. The van der Waals surface area contributed by atoms with E-state index >= 15 is 0 Å². The highest BCUT2D eigenvalue weighted by atomic mass is 79.9. The SMILES string of the molecule is Cc1cc(C(=O)CCl)c(Br)c([N+](=O)[O-])c1. The molecule has 0 fully saturated rings. The first-order chi connectivity index (χ1) is 6.97. The van der Waals surface area contributed by atoms with E-state index in [-0.39, 0.29) is 27.4 Å². The second kappa shape index (κ2) is 4.72. The minimum Gasteiger partial charge on any atom is -0.293 e. The third kappa shape index (κ3) is 2.54. The molecule has 0 saturated carbocycles. The average Bonchev–Trinajstić information content (AvgIpc) is 2.19. The highest BCUT2D eigenvalue weighted by Gasteiger charge is 2.19. The summed E-state index contributed by atoms with van der Waals surface area (Å²) in [7, 11) is 0. The maximum atomic E-state index is 11.4. The number of benzene rings is 1. The molecule has 4 nitrogen and oxygen atoms in total. The second-order valence-corrected chi connectivity index (χ2v) is 4.02. The number of Topliss-reactive ketones (excluding diaryl/α,β-unsaturated/α-hetero) is 1.